The first-order valence-corrected chi connectivity index (χ1v) is 7.09. The van der Waals surface area contributed by atoms with Crippen molar-refractivity contribution in [2.45, 2.75) is 12.5 Å². The van der Waals surface area contributed by atoms with Crippen LogP contribution in [0, 0.1) is 0 Å². The normalized spacial score (nSPS) is 12.7. The molecule has 2 rings (SSSR count). The van der Waals surface area contributed by atoms with Gasteiger partial charge in [-0.15, -0.1) is 11.3 Å². The van der Waals surface area contributed by atoms with Gasteiger partial charge in [-0.2, -0.15) is 0 Å². The Bertz CT molecular complexity index is 469. The van der Waals surface area contributed by atoms with Gasteiger partial charge in [-0.25, -0.2) is 0 Å². The molecule has 0 spiro atoms. The van der Waals surface area contributed by atoms with Crippen molar-refractivity contribution in [1.82, 2.24) is 4.98 Å². The lowest BCUT2D eigenvalue weighted by molar-refractivity contribution is 0.181. The Kier molecular flexibility index (Phi) is 4.13. The van der Waals surface area contributed by atoms with Crippen LogP contribution in [0.3, 0.4) is 0 Å². The van der Waals surface area contributed by atoms with E-state index in [1.54, 1.807) is 17.5 Å². The number of hydrogen-bond donors (Lipinski definition) is 1. The van der Waals surface area contributed by atoms with Crippen molar-refractivity contribution in [2.75, 3.05) is 0 Å². The monoisotopic (exact) mass is 361 g/mol. The zero-order chi connectivity index (χ0) is 11.5. The molecule has 0 radical (unpaired) electrons. The van der Waals surface area contributed by atoms with Crippen LogP contribution in [0.1, 0.15) is 16.7 Å². The van der Waals surface area contributed by atoms with Crippen LogP contribution in [0.25, 0.3) is 0 Å². The van der Waals surface area contributed by atoms with Gasteiger partial charge >= 0.3 is 0 Å². The molecular weight excluding hydrogens is 354 g/mol. The van der Waals surface area contributed by atoms with Gasteiger partial charge in [0.25, 0.3) is 0 Å². The third kappa shape index (κ3) is 3.13. The number of rotatable bonds is 3. The standard InChI is InChI=1S/C11H9Br2NOS/c12-7-1-2-8(14-6-7)5-9(15)10-3-4-11(13)16-10/h1-4,6,9,15H,5H2. The third-order valence-electron chi connectivity index (χ3n) is 2.11. The van der Waals surface area contributed by atoms with Gasteiger partial charge in [0.1, 0.15) is 0 Å². The van der Waals surface area contributed by atoms with Crippen LogP contribution < -0.4 is 0 Å². The highest BCUT2D eigenvalue weighted by Gasteiger charge is 2.11. The lowest BCUT2D eigenvalue weighted by Gasteiger charge is -2.07. The zero-order valence-electron chi connectivity index (χ0n) is 8.23. The van der Waals surface area contributed by atoms with Gasteiger partial charge in [-0.1, -0.05) is 0 Å². The molecule has 1 N–H and O–H groups in total. The van der Waals surface area contributed by atoms with Crippen molar-refractivity contribution in [3.05, 3.63) is 49.3 Å². The first-order valence-electron chi connectivity index (χ1n) is 4.69. The van der Waals surface area contributed by atoms with Crippen molar-refractivity contribution < 1.29 is 5.11 Å². The molecule has 0 aliphatic rings. The Morgan fingerprint density at radius 2 is 2.06 bits per heavy atom. The van der Waals surface area contributed by atoms with Gasteiger partial charge in [-0.05, 0) is 56.1 Å². The lowest BCUT2D eigenvalue weighted by atomic mass is 10.1. The van der Waals surface area contributed by atoms with Gasteiger partial charge < -0.3 is 5.11 Å². The molecule has 2 aromatic heterocycles. The smallest absolute Gasteiger partial charge is 0.0937 e. The number of aliphatic hydroxyl groups excluding tert-OH is 1. The number of aliphatic hydroxyl groups is 1. The van der Waals surface area contributed by atoms with E-state index in [2.05, 4.69) is 36.8 Å². The molecule has 0 fully saturated rings. The molecule has 0 saturated carbocycles. The molecule has 2 nitrogen and oxygen atoms in total. The number of nitrogens with zero attached hydrogens (tertiary/aromatic N) is 1. The summed E-state index contributed by atoms with van der Waals surface area (Å²) in [5, 5.41) is 9.99. The number of thiophene rings is 1. The van der Waals surface area contributed by atoms with Gasteiger partial charge in [0, 0.05) is 27.7 Å². The van der Waals surface area contributed by atoms with Crippen LogP contribution in [0.15, 0.2) is 38.7 Å². The van der Waals surface area contributed by atoms with Crippen LogP contribution in [-0.2, 0) is 6.42 Å². The van der Waals surface area contributed by atoms with Gasteiger partial charge in [0.2, 0.25) is 0 Å². The fraction of sp³-hybridized carbons (Fsp3) is 0.182. The van der Waals surface area contributed by atoms with Crippen LogP contribution in [0.5, 0.6) is 0 Å². The zero-order valence-corrected chi connectivity index (χ0v) is 12.2. The number of halogens is 2. The minimum Gasteiger partial charge on any atom is -0.387 e. The van der Waals surface area contributed by atoms with E-state index in [1.165, 1.54) is 0 Å². The predicted molar refractivity (Wildman–Crippen MR) is 72.6 cm³/mol. The molecule has 1 unspecified atom stereocenters. The Morgan fingerprint density at radius 3 is 2.62 bits per heavy atom. The maximum atomic E-state index is 9.99. The maximum absolute atomic E-state index is 9.99. The summed E-state index contributed by atoms with van der Waals surface area (Å²) >= 11 is 8.26. The second-order valence-electron chi connectivity index (χ2n) is 3.33. The third-order valence-corrected chi connectivity index (χ3v) is 4.31. The van der Waals surface area contributed by atoms with Gasteiger partial charge in [0.05, 0.1) is 9.89 Å². The molecule has 2 heterocycles. The van der Waals surface area contributed by atoms with E-state index in [1.807, 2.05) is 24.3 Å². The summed E-state index contributed by atoms with van der Waals surface area (Å²) in [6, 6.07) is 7.71. The molecule has 0 aliphatic heterocycles. The summed E-state index contributed by atoms with van der Waals surface area (Å²) in [7, 11) is 0. The van der Waals surface area contributed by atoms with E-state index in [4.69, 9.17) is 0 Å². The van der Waals surface area contributed by atoms with E-state index in [-0.39, 0.29) is 0 Å². The summed E-state index contributed by atoms with van der Waals surface area (Å²) in [5.74, 6) is 0. The molecule has 5 heteroatoms. The minimum absolute atomic E-state index is 0.482. The Balaban J connectivity index is 2.07. The molecule has 2 aromatic rings. The predicted octanol–water partition coefficient (Wildman–Crippen LogP) is 3.94. The maximum Gasteiger partial charge on any atom is 0.0937 e. The molecule has 84 valence electrons. The average Bonchev–Trinajstić information content (AvgIpc) is 2.68. The van der Waals surface area contributed by atoms with Crippen molar-refractivity contribution >= 4 is 43.2 Å². The van der Waals surface area contributed by atoms with E-state index < -0.39 is 6.10 Å². The summed E-state index contributed by atoms with van der Waals surface area (Å²) in [6.07, 6.45) is 1.80. The number of pyridine rings is 1. The summed E-state index contributed by atoms with van der Waals surface area (Å²) < 4.78 is 1.98. The van der Waals surface area contributed by atoms with Crippen molar-refractivity contribution in [1.29, 1.82) is 0 Å². The average molecular weight is 363 g/mol. The van der Waals surface area contributed by atoms with Crippen molar-refractivity contribution in [3.63, 3.8) is 0 Å². The summed E-state index contributed by atoms with van der Waals surface area (Å²) in [6.45, 7) is 0. The first kappa shape index (κ1) is 12.2. The lowest BCUT2D eigenvalue weighted by Crippen LogP contribution is -2.01. The quantitative estimate of drug-likeness (QED) is 0.896. The summed E-state index contributed by atoms with van der Waals surface area (Å²) in [4.78, 5) is 5.19. The van der Waals surface area contributed by atoms with E-state index in [9.17, 15) is 5.11 Å². The van der Waals surface area contributed by atoms with E-state index in [0.29, 0.717) is 6.42 Å². The molecule has 0 saturated heterocycles. The molecule has 16 heavy (non-hydrogen) atoms. The number of aromatic nitrogens is 1. The largest absolute Gasteiger partial charge is 0.387 e. The van der Waals surface area contributed by atoms with E-state index in [0.717, 1.165) is 18.8 Å². The number of hydrogen-bond acceptors (Lipinski definition) is 3. The molecule has 0 amide bonds. The Hall–Kier alpha value is -0.230. The van der Waals surface area contributed by atoms with Crippen molar-refractivity contribution in [2.24, 2.45) is 0 Å². The molecule has 1 atom stereocenters. The van der Waals surface area contributed by atoms with Crippen LogP contribution in [0.2, 0.25) is 0 Å². The molecule has 0 aliphatic carbocycles. The first-order chi connectivity index (χ1) is 7.65. The topological polar surface area (TPSA) is 33.1 Å². The minimum atomic E-state index is -0.482. The SMILES string of the molecule is OC(Cc1ccc(Br)cn1)c1ccc(Br)s1. The fourth-order valence-corrected chi connectivity index (χ4v) is 2.98. The van der Waals surface area contributed by atoms with Crippen LogP contribution in [0.4, 0.5) is 0 Å². The molecular formula is C11H9Br2NOS. The summed E-state index contributed by atoms with van der Waals surface area (Å²) in [5.41, 5.74) is 0.889. The van der Waals surface area contributed by atoms with Gasteiger partial charge in [-0.3, -0.25) is 4.98 Å². The Labute approximate surface area is 115 Å². The van der Waals surface area contributed by atoms with Crippen molar-refractivity contribution in [3.8, 4) is 0 Å². The van der Waals surface area contributed by atoms with E-state index >= 15 is 0 Å². The second-order valence-corrected chi connectivity index (χ2v) is 6.74. The molecule has 0 bridgehead atoms. The fourth-order valence-electron chi connectivity index (χ4n) is 1.33. The molecule has 0 aromatic carbocycles. The highest BCUT2D eigenvalue weighted by atomic mass is 79.9. The highest BCUT2D eigenvalue weighted by Crippen LogP contribution is 2.28. The van der Waals surface area contributed by atoms with Crippen LogP contribution >= 0.6 is 43.2 Å². The van der Waals surface area contributed by atoms with Crippen LogP contribution in [-0.4, -0.2) is 10.1 Å². The highest BCUT2D eigenvalue weighted by molar-refractivity contribution is 9.11. The van der Waals surface area contributed by atoms with Gasteiger partial charge in [0.15, 0.2) is 0 Å². The second kappa shape index (κ2) is 5.40. The Morgan fingerprint density at radius 1 is 1.25 bits per heavy atom.